The fourth-order valence-corrected chi connectivity index (χ4v) is 4.92. The summed E-state index contributed by atoms with van der Waals surface area (Å²) >= 11 is 1.85. The zero-order valence-electron chi connectivity index (χ0n) is 15.0. The number of aliphatic carboxylic acids is 1. The van der Waals surface area contributed by atoms with Crippen LogP contribution in [0.5, 0.6) is 0 Å². The maximum atomic E-state index is 12.1. The SMILES string of the molecule is NCCCCC(C(=O)O)C(=O)CCCC[C@@H]1SC[C@@H]2NC(=O)N[C@@H]21.NN. The number of hydrazine groups is 1. The van der Waals surface area contributed by atoms with Gasteiger partial charge in [0.15, 0.2) is 0 Å². The van der Waals surface area contributed by atoms with E-state index in [1.165, 1.54) is 0 Å². The summed E-state index contributed by atoms with van der Waals surface area (Å²) < 4.78 is 0. The molecule has 26 heavy (non-hydrogen) atoms. The number of nitrogens with two attached hydrogens (primary N) is 3. The molecule has 2 aliphatic heterocycles. The van der Waals surface area contributed by atoms with Crippen molar-refractivity contribution in [3.05, 3.63) is 0 Å². The van der Waals surface area contributed by atoms with E-state index in [-0.39, 0.29) is 23.9 Å². The normalized spacial score (nSPS) is 24.7. The molecule has 2 saturated heterocycles. The highest BCUT2D eigenvalue weighted by molar-refractivity contribution is 8.00. The summed E-state index contributed by atoms with van der Waals surface area (Å²) in [5.41, 5.74) is 5.41. The zero-order valence-corrected chi connectivity index (χ0v) is 15.8. The number of ketones is 1. The van der Waals surface area contributed by atoms with E-state index in [0.29, 0.717) is 37.5 Å². The number of amides is 2. The highest BCUT2D eigenvalue weighted by Crippen LogP contribution is 2.33. The maximum Gasteiger partial charge on any atom is 0.315 e. The molecule has 0 saturated carbocycles. The molecule has 2 fully saturated rings. The van der Waals surface area contributed by atoms with Crippen LogP contribution in [-0.4, -0.2) is 52.5 Å². The van der Waals surface area contributed by atoms with Crippen LogP contribution in [0.15, 0.2) is 0 Å². The standard InChI is InChI=1S/C16H27N3O4S.H4N2/c17-8-4-3-5-10(15(21)22)12(20)6-1-2-7-13-14-11(9-24-13)18-16(23)19-14;1-2/h10-11,13-14H,1-9,17H2,(H,21,22)(H2,18,19,23);1-2H2/t10?,11-,13-,14-;/m0./s1. The fourth-order valence-electron chi connectivity index (χ4n) is 3.38. The number of fused-ring (bicyclic) bond motifs is 1. The smallest absolute Gasteiger partial charge is 0.315 e. The molecule has 1 unspecified atom stereocenters. The van der Waals surface area contributed by atoms with Crippen LogP contribution in [0.3, 0.4) is 0 Å². The van der Waals surface area contributed by atoms with Crippen molar-refractivity contribution in [3.63, 3.8) is 0 Å². The summed E-state index contributed by atoms with van der Waals surface area (Å²) in [5.74, 6) is 6.84. The van der Waals surface area contributed by atoms with Crippen LogP contribution in [0.1, 0.15) is 44.9 Å². The third-order valence-electron chi connectivity index (χ3n) is 4.73. The highest BCUT2D eigenvalue weighted by Gasteiger charge is 2.42. The van der Waals surface area contributed by atoms with Crippen molar-refractivity contribution in [2.45, 2.75) is 62.3 Å². The van der Waals surface area contributed by atoms with Crippen molar-refractivity contribution in [3.8, 4) is 0 Å². The topological polar surface area (TPSA) is 174 Å². The molecule has 9 nitrogen and oxygen atoms in total. The van der Waals surface area contributed by atoms with Crippen LogP contribution < -0.4 is 28.1 Å². The number of unbranched alkanes of at least 4 members (excludes halogenated alkanes) is 2. The van der Waals surface area contributed by atoms with E-state index in [2.05, 4.69) is 22.3 Å². The van der Waals surface area contributed by atoms with Crippen LogP contribution in [0.2, 0.25) is 0 Å². The predicted molar refractivity (Wildman–Crippen MR) is 101 cm³/mol. The molecule has 2 amide bonds. The number of carboxylic acid groups (broad SMARTS) is 1. The number of urea groups is 1. The first kappa shape index (κ1) is 22.7. The van der Waals surface area contributed by atoms with Crippen LogP contribution in [0.4, 0.5) is 4.79 Å². The van der Waals surface area contributed by atoms with E-state index >= 15 is 0 Å². The minimum atomic E-state index is -1.02. The van der Waals surface area contributed by atoms with Gasteiger partial charge in [0, 0.05) is 17.4 Å². The van der Waals surface area contributed by atoms with E-state index < -0.39 is 11.9 Å². The Morgan fingerprint density at radius 2 is 1.92 bits per heavy atom. The predicted octanol–water partition coefficient (Wildman–Crippen LogP) is -0.0701. The number of hydrogen-bond acceptors (Lipinski definition) is 7. The number of Topliss-reactive ketones (excluding diaryl/α,β-unsaturated/α-hetero) is 1. The van der Waals surface area contributed by atoms with Gasteiger partial charge in [-0.1, -0.05) is 12.8 Å². The van der Waals surface area contributed by atoms with Crippen molar-refractivity contribution in [2.75, 3.05) is 12.3 Å². The third-order valence-corrected chi connectivity index (χ3v) is 6.24. The molecular weight excluding hydrogens is 358 g/mol. The molecule has 2 heterocycles. The molecule has 0 aromatic heterocycles. The first-order valence-corrected chi connectivity index (χ1v) is 10.1. The second-order valence-corrected chi connectivity index (χ2v) is 7.78. The Hall–Kier alpha value is -1.36. The molecule has 0 aromatic carbocycles. The van der Waals surface area contributed by atoms with E-state index in [1.54, 1.807) is 0 Å². The average Bonchev–Trinajstić information content (AvgIpc) is 3.16. The van der Waals surface area contributed by atoms with Gasteiger partial charge in [-0.05, 0) is 32.2 Å². The molecule has 0 radical (unpaired) electrons. The highest BCUT2D eigenvalue weighted by atomic mass is 32.2. The molecule has 150 valence electrons. The summed E-state index contributed by atoms with van der Waals surface area (Å²) in [4.78, 5) is 34.7. The van der Waals surface area contributed by atoms with Gasteiger partial charge < -0.3 is 21.5 Å². The van der Waals surface area contributed by atoms with Gasteiger partial charge in [-0.15, -0.1) is 0 Å². The number of carboxylic acids is 1. The number of nitrogens with one attached hydrogen (secondary N) is 2. The number of carbonyl (C=O) groups excluding carboxylic acids is 2. The molecule has 0 aliphatic carbocycles. The van der Waals surface area contributed by atoms with Crippen molar-refractivity contribution in [1.29, 1.82) is 0 Å². The Kier molecular flexibility index (Phi) is 10.6. The quantitative estimate of drug-likeness (QED) is 0.0936. The maximum absolute atomic E-state index is 12.1. The average molecular weight is 390 g/mol. The Morgan fingerprint density at radius 3 is 2.58 bits per heavy atom. The second kappa shape index (κ2) is 12.1. The van der Waals surface area contributed by atoms with Gasteiger partial charge >= 0.3 is 12.0 Å². The zero-order chi connectivity index (χ0) is 19.5. The van der Waals surface area contributed by atoms with Gasteiger partial charge in [0.1, 0.15) is 11.7 Å². The molecule has 0 spiro atoms. The summed E-state index contributed by atoms with van der Waals surface area (Å²) in [6, 6.07) is 0.307. The lowest BCUT2D eigenvalue weighted by Gasteiger charge is -2.16. The molecule has 0 aromatic rings. The second-order valence-electron chi connectivity index (χ2n) is 6.51. The Bertz CT molecular complexity index is 480. The first-order valence-electron chi connectivity index (χ1n) is 9.00. The van der Waals surface area contributed by atoms with E-state index in [4.69, 9.17) is 5.73 Å². The lowest BCUT2D eigenvalue weighted by Crippen LogP contribution is -2.36. The molecular formula is C16H31N5O4S. The van der Waals surface area contributed by atoms with Gasteiger partial charge in [-0.3, -0.25) is 21.3 Å². The molecule has 2 aliphatic rings. The summed E-state index contributed by atoms with van der Waals surface area (Å²) in [5, 5.41) is 15.4. The first-order chi connectivity index (χ1) is 12.5. The van der Waals surface area contributed by atoms with Crippen LogP contribution in [0, 0.1) is 5.92 Å². The van der Waals surface area contributed by atoms with Crippen LogP contribution in [-0.2, 0) is 9.59 Å². The lowest BCUT2D eigenvalue weighted by molar-refractivity contribution is -0.146. The minimum Gasteiger partial charge on any atom is -0.481 e. The van der Waals surface area contributed by atoms with E-state index in [1.807, 2.05) is 11.8 Å². The van der Waals surface area contributed by atoms with Crippen molar-refractivity contribution in [2.24, 2.45) is 23.3 Å². The molecule has 2 rings (SSSR count). The Labute approximate surface area is 158 Å². The van der Waals surface area contributed by atoms with Crippen LogP contribution >= 0.6 is 11.8 Å². The van der Waals surface area contributed by atoms with Gasteiger partial charge in [0.25, 0.3) is 0 Å². The lowest BCUT2D eigenvalue weighted by atomic mass is 9.93. The number of hydrogen-bond donors (Lipinski definition) is 6. The fraction of sp³-hybridized carbons (Fsp3) is 0.812. The van der Waals surface area contributed by atoms with Crippen LogP contribution in [0.25, 0.3) is 0 Å². The van der Waals surface area contributed by atoms with E-state index in [0.717, 1.165) is 25.0 Å². The monoisotopic (exact) mass is 389 g/mol. The summed E-state index contributed by atoms with van der Waals surface area (Å²) in [7, 11) is 0. The number of rotatable bonds is 11. The molecule has 0 bridgehead atoms. The van der Waals surface area contributed by atoms with Gasteiger partial charge in [-0.2, -0.15) is 11.8 Å². The molecule has 10 heteroatoms. The Balaban J connectivity index is 0.00000163. The number of carbonyl (C=O) groups is 3. The van der Waals surface area contributed by atoms with E-state index in [9.17, 15) is 19.5 Å². The largest absolute Gasteiger partial charge is 0.481 e. The summed E-state index contributed by atoms with van der Waals surface area (Å²) in [6.07, 6.45) is 4.63. The van der Waals surface area contributed by atoms with Gasteiger partial charge in [0.05, 0.1) is 12.1 Å². The van der Waals surface area contributed by atoms with Crippen molar-refractivity contribution < 1.29 is 19.5 Å². The van der Waals surface area contributed by atoms with Gasteiger partial charge in [0.2, 0.25) is 0 Å². The molecule has 9 N–H and O–H groups in total. The summed E-state index contributed by atoms with van der Waals surface area (Å²) in [6.45, 7) is 0.521. The van der Waals surface area contributed by atoms with Crippen molar-refractivity contribution in [1.82, 2.24) is 10.6 Å². The Morgan fingerprint density at radius 1 is 1.19 bits per heavy atom. The third kappa shape index (κ3) is 6.75. The minimum absolute atomic E-state index is 0.0905. The van der Waals surface area contributed by atoms with Crippen molar-refractivity contribution >= 4 is 29.5 Å². The number of thioether (sulfide) groups is 1. The molecule has 4 atom stereocenters. The van der Waals surface area contributed by atoms with Gasteiger partial charge in [-0.25, -0.2) is 4.79 Å².